The molecule has 0 saturated heterocycles. The number of nitrogens with zero attached hydrogens (tertiary/aromatic N) is 1. The van der Waals surface area contributed by atoms with Crippen LogP contribution >= 0.6 is 11.3 Å². The van der Waals surface area contributed by atoms with Crippen molar-refractivity contribution in [1.29, 1.82) is 0 Å². The fourth-order valence-corrected chi connectivity index (χ4v) is 6.54. The molecule has 0 radical (unpaired) electrons. The van der Waals surface area contributed by atoms with Gasteiger partial charge in [-0.05, 0) is 77.0 Å². The molecule has 1 aromatic heterocycles. The molecule has 0 aliphatic heterocycles. The number of carbonyl (C=O) groups is 3. The zero-order chi connectivity index (χ0) is 20.1. The molecule has 2 N–H and O–H groups in total. The summed E-state index contributed by atoms with van der Waals surface area (Å²) in [5.41, 5.74) is 0.413. The van der Waals surface area contributed by atoms with Crippen LogP contribution in [0.2, 0.25) is 0 Å². The monoisotopic (exact) mass is 405 g/mol. The molecular weight excluding hydrogens is 378 g/mol. The molecule has 28 heavy (non-hydrogen) atoms. The minimum Gasteiger partial charge on any atom is -0.448 e. The Morgan fingerprint density at radius 3 is 2.18 bits per heavy atom. The van der Waals surface area contributed by atoms with Crippen LogP contribution in [-0.2, 0) is 9.53 Å². The Morgan fingerprint density at radius 1 is 1.11 bits per heavy atom. The van der Waals surface area contributed by atoms with Crippen LogP contribution in [-0.4, -0.2) is 34.5 Å². The Labute approximate surface area is 168 Å². The maximum Gasteiger partial charge on any atom is 0.351 e. The highest BCUT2D eigenvalue weighted by Gasteiger charge is 2.51. The van der Waals surface area contributed by atoms with Crippen LogP contribution in [0.1, 0.15) is 65.8 Å². The second-order valence-corrected chi connectivity index (χ2v) is 10.0. The Balaban J connectivity index is 1.31. The van der Waals surface area contributed by atoms with Crippen molar-refractivity contribution in [2.75, 3.05) is 0 Å². The number of aryl methyl sites for hydroxylation is 2. The summed E-state index contributed by atoms with van der Waals surface area (Å²) < 4.78 is 5.23. The van der Waals surface area contributed by atoms with Crippen LogP contribution in [0, 0.1) is 31.6 Å². The molecule has 1 heterocycles. The first-order valence-electron chi connectivity index (χ1n) is 10.0. The largest absolute Gasteiger partial charge is 0.448 e. The van der Waals surface area contributed by atoms with Gasteiger partial charge in [-0.25, -0.2) is 14.6 Å². The maximum absolute atomic E-state index is 12.5. The van der Waals surface area contributed by atoms with Gasteiger partial charge >= 0.3 is 12.0 Å². The number of amides is 3. The zero-order valence-corrected chi connectivity index (χ0v) is 17.4. The van der Waals surface area contributed by atoms with Crippen LogP contribution in [0.25, 0.3) is 0 Å². The molecule has 4 bridgehead atoms. The van der Waals surface area contributed by atoms with Gasteiger partial charge in [-0.1, -0.05) is 0 Å². The third-order valence-electron chi connectivity index (χ3n) is 6.40. The van der Waals surface area contributed by atoms with Gasteiger partial charge in [-0.15, -0.1) is 11.3 Å². The Morgan fingerprint density at radius 2 is 1.68 bits per heavy atom. The molecule has 0 aromatic carbocycles. The van der Waals surface area contributed by atoms with Gasteiger partial charge in [0.1, 0.15) is 4.88 Å². The van der Waals surface area contributed by atoms with Gasteiger partial charge in [0, 0.05) is 5.54 Å². The summed E-state index contributed by atoms with van der Waals surface area (Å²) in [6.45, 7) is 5.00. The highest BCUT2D eigenvalue weighted by Crippen LogP contribution is 2.55. The normalized spacial score (nSPS) is 31.3. The van der Waals surface area contributed by atoms with Crippen molar-refractivity contribution in [3.05, 3.63) is 15.6 Å². The van der Waals surface area contributed by atoms with E-state index in [1.807, 2.05) is 0 Å². The number of imide groups is 1. The van der Waals surface area contributed by atoms with E-state index in [9.17, 15) is 14.4 Å². The van der Waals surface area contributed by atoms with Crippen molar-refractivity contribution >= 4 is 29.2 Å². The van der Waals surface area contributed by atoms with Crippen LogP contribution < -0.4 is 10.6 Å². The molecule has 1 atom stereocenters. The van der Waals surface area contributed by atoms with E-state index in [0.29, 0.717) is 28.3 Å². The van der Waals surface area contributed by atoms with Crippen molar-refractivity contribution in [1.82, 2.24) is 15.6 Å². The summed E-state index contributed by atoms with van der Waals surface area (Å²) in [5.74, 6) is 0.899. The minimum atomic E-state index is -1.06. The van der Waals surface area contributed by atoms with Crippen LogP contribution in [0.3, 0.4) is 0 Å². The first-order valence-corrected chi connectivity index (χ1v) is 10.8. The average molecular weight is 406 g/mol. The molecule has 1 aromatic rings. The van der Waals surface area contributed by atoms with Gasteiger partial charge in [-0.2, -0.15) is 0 Å². The number of rotatable bonds is 4. The van der Waals surface area contributed by atoms with Gasteiger partial charge in [-0.3, -0.25) is 10.1 Å². The summed E-state index contributed by atoms with van der Waals surface area (Å²) in [5, 5.41) is 6.20. The van der Waals surface area contributed by atoms with E-state index in [1.165, 1.54) is 37.5 Å². The third-order valence-corrected chi connectivity index (χ3v) is 7.45. The highest BCUT2D eigenvalue weighted by atomic mass is 32.1. The predicted octanol–water partition coefficient (Wildman–Crippen LogP) is 3.10. The standard InChI is InChI=1S/C20H27N3O4S/c1-10-16(28-12(3)21-10)18(25)27-11(2)17(24)22-19(26)23-20-7-13-4-14(8-20)6-15(5-13)9-20/h11,13-15H,4-9H2,1-3H3,(H2,22,23,24,26)/t11-,13?,14?,15?,20?/m0/s1. The van der Waals surface area contributed by atoms with E-state index < -0.39 is 24.0 Å². The lowest BCUT2D eigenvalue weighted by atomic mass is 9.53. The van der Waals surface area contributed by atoms with Crippen molar-refractivity contribution in [2.45, 2.75) is 70.9 Å². The number of thiazole rings is 1. The lowest BCUT2D eigenvalue weighted by Crippen LogP contribution is -2.62. The van der Waals surface area contributed by atoms with Crippen molar-refractivity contribution in [2.24, 2.45) is 17.8 Å². The molecule has 3 amide bonds. The molecule has 4 aliphatic rings. The number of hydrogen-bond donors (Lipinski definition) is 2. The minimum absolute atomic E-state index is 0.170. The molecule has 0 unspecified atom stereocenters. The first-order chi connectivity index (χ1) is 13.2. The number of carbonyl (C=O) groups excluding carboxylic acids is 3. The highest BCUT2D eigenvalue weighted by molar-refractivity contribution is 7.13. The third kappa shape index (κ3) is 3.79. The number of ether oxygens (including phenoxy) is 1. The topological polar surface area (TPSA) is 97.4 Å². The second-order valence-electron chi connectivity index (χ2n) is 8.84. The number of urea groups is 1. The van der Waals surface area contributed by atoms with Crippen LogP contribution in [0.4, 0.5) is 4.79 Å². The van der Waals surface area contributed by atoms with E-state index >= 15 is 0 Å². The van der Waals surface area contributed by atoms with Gasteiger partial charge in [0.2, 0.25) is 0 Å². The molecule has 0 spiro atoms. The van der Waals surface area contributed by atoms with Crippen molar-refractivity contribution in [3.8, 4) is 0 Å². The summed E-state index contributed by atoms with van der Waals surface area (Å²) in [6, 6.07) is -0.486. The van der Waals surface area contributed by atoms with Crippen LogP contribution in [0.15, 0.2) is 0 Å². The molecule has 152 valence electrons. The van der Waals surface area contributed by atoms with E-state index in [1.54, 1.807) is 13.8 Å². The number of hydrogen-bond acceptors (Lipinski definition) is 6. The van der Waals surface area contributed by atoms with Gasteiger partial charge in [0.05, 0.1) is 10.7 Å². The molecule has 4 aliphatic carbocycles. The summed E-state index contributed by atoms with van der Waals surface area (Å²) in [4.78, 5) is 41.6. The number of nitrogens with one attached hydrogen (secondary N) is 2. The summed E-state index contributed by atoms with van der Waals surface area (Å²) in [7, 11) is 0. The Hall–Kier alpha value is -1.96. The van der Waals surface area contributed by atoms with Crippen molar-refractivity contribution in [3.63, 3.8) is 0 Å². The lowest BCUT2D eigenvalue weighted by Gasteiger charge is -2.56. The summed E-state index contributed by atoms with van der Waals surface area (Å²) >= 11 is 1.23. The Kier molecular flexibility index (Phi) is 4.93. The van der Waals surface area contributed by atoms with E-state index in [-0.39, 0.29) is 5.54 Å². The summed E-state index contributed by atoms with van der Waals surface area (Å²) in [6.07, 6.45) is 5.82. The maximum atomic E-state index is 12.5. The molecule has 4 saturated carbocycles. The fraction of sp³-hybridized carbons (Fsp3) is 0.700. The van der Waals surface area contributed by atoms with Crippen molar-refractivity contribution < 1.29 is 19.1 Å². The fourth-order valence-electron chi connectivity index (χ4n) is 5.74. The molecular formula is C20H27N3O4S. The van der Waals surface area contributed by atoms with Crippen LogP contribution in [0.5, 0.6) is 0 Å². The quantitative estimate of drug-likeness (QED) is 0.750. The molecule has 7 nitrogen and oxygen atoms in total. The number of aromatic nitrogens is 1. The number of esters is 1. The van der Waals surface area contributed by atoms with Gasteiger partial charge in [0.25, 0.3) is 5.91 Å². The van der Waals surface area contributed by atoms with E-state index in [0.717, 1.165) is 24.3 Å². The predicted molar refractivity (Wildman–Crippen MR) is 104 cm³/mol. The average Bonchev–Trinajstić information content (AvgIpc) is 2.91. The Bertz CT molecular complexity index is 783. The molecule has 4 fully saturated rings. The SMILES string of the molecule is Cc1nc(C)c(C(=O)O[C@@H](C)C(=O)NC(=O)NC23CC4CC(CC(C4)C2)C3)s1. The lowest BCUT2D eigenvalue weighted by molar-refractivity contribution is -0.128. The first kappa shape index (κ1) is 19.4. The van der Waals surface area contributed by atoms with Gasteiger partial charge in [0.15, 0.2) is 6.10 Å². The zero-order valence-electron chi connectivity index (χ0n) is 16.5. The molecule has 5 rings (SSSR count). The van der Waals surface area contributed by atoms with E-state index in [4.69, 9.17) is 4.74 Å². The van der Waals surface area contributed by atoms with Gasteiger partial charge < -0.3 is 10.1 Å². The molecule has 8 heteroatoms. The van der Waals surface area contributed by atoms with E-state index in [2.05, 4.69) is 15.6 Å². The second kappa shape index (κ2) is 7.13. The smallest absolute Gasteiger partial charge is 0.351 e.